The Morgan fingerprint density at radius 3 is 2.58 bits per heavy atom. The van der Waals surface area contributed by atoms with Crippen molar-refractivity contribution in [3.8, 4) is 0 Å². The number of nitrogens with one attached hydrogen (secondary N) is 1. The molecule has 0 unspecified atom stereocenters. The number of nitrogens with zero attached hydrogens (tertiary/aromatic N) is 3. The summed E-state index contributed by atoms with van der Waals surface area (Å²) in [5, 5.41) is 21.1. The first kappa shape index (κ1) is 18.4. The lowest BCUT2D eigenvalue weighted by molar-refractivity contribution is -0.384. The average molecular weight is 338 g/mol. The van der Waals surface area contributed by atoms with Crippen molar-refractivity contribution in [2.45, 2.75) is 50.8 Å². The van der Waals surface area contributed by atoms with Crippen molar-refractivity contribution in [3.05, 3.63) is 28.1 Å². The Balaban J connectivity index is 2.30. The molecule has 134 valence electrons. The monoisotopic (exact) mass is 338 g/mol. The summed E-state index contributed by atoms with van der Waals surface area (Å²) in [7, 11) is 3.88. The van der Waals surface area contributed by atoms with Crippen LogP contribution in [0.5, 0.6) is 0 Å². The highest BCUT2D eigenvalue weighted by molar-refractivity contribution is 5.93. The fourth-order valence-electron chi connectivity index (χ4n) is 2.95. The highest BCUT2D eigenvalue weighted by Gasteiger charge is 2.38. The van der Waals surface area contributed by atoms with Crippen LogP contribution in [0.25, 0.3) is 0 Å². The Hall–Kier alpha value is -1.93. The maximum Gasteiger partial charge on any atom is 0.287 e. The third-order valence-corrected chi connectivity index (χ3v) is 4.98. The summed E-state index contributed by atoms with van der Waals surface area (Å²) in [5.41, 5.74) is -0.260. The minimum atomic E-state index is -0.558. The number of rotatable bonds is 6. The Morgan fingerprint density at radius 1 is 1.46 bits per heavy atom. The molecule has 1 aromatic heterocycles. The van der Waals surface area contributed by atoms with Gasteiger partial charge in [0.1, 0.15) is 5.69 Å². The van der Waals surface area contributed by atoms with Crippen molar-refractivity contribution in [1.29, 1.82) is 0 Å². The van der Waals surface area contributed by atoms with E-state index < -0.39 is 11.0 Å². The fraction of sp³-hybridized carbons (Fsp3) is 0.688. The summed E-state index contributed by atoms with van der Waals surface area (Å²) in [6.07, 6.45) is 2.93. The molecule has 1 saturated carbocycles. The molecule has 0 bridgehead atoms. The molecule has 1 aliphatic rings. The quantitative estimate of drug-likeness (QED) is 0.606. The first-order valence-electron chi connectivity index (χ1n) is 8.13. The second-order valence-electron chi connectivity index (χ2n) is 7.23. The fourth-order valence-corrected chi connectivity index (χ4v) is 2.95. The van der Waals surface area contributed by atoms with Crippen LogP contribution >= 0.6 is 0 Å². The number of aromatic amines is 1. The van der Waals surface area contributed by atoms with Crippen LogP contribution in [0.2, 0.25) is 0 Å². The van der Waals surface area contributed by atoms with Crippen LogP contribution in [-0.4, -0.2) is 69.0 Å². The summed E-state index contributed by atoms with van der Waals surface area (Å²) >= 11 is 0. The van der Waals surface area contributed by atoms with Crippen LogP contribution in [0.4, 0.5) is 5.69 Å². The lowest BCUT2D eigenvalue weighted by Gasteiger charge is -2.41. The van der Waals surface area contributed by atoms with Gasteiger partial charge in [-0.2, -0.15) is 0 Å². The molecule has 0 aliphatic heterocycles. The molecular formula is C16H26N4O4. The number of aromatic nitrogens is 1. The smallest absolute Gasteiger partial charge is 0.287 e. The number of hydrogen-bond acceptors (Lipinski definition) is 5. The van der Waals surface area contributed by atoms with Crippen molar-refractivity contribution >= 4 is 11.6 Å². The number of carbonyl (C=O) groups excluding carboxylic acids is 1. The normalized spacial score (nSPS) is 21.2. The second-order valence-corrected chi connectivity index (χ2v) is 7.23. The second kappa shape index (κ2) is 6.90. The van der Waals surface area contributed by atoms with Gasteiger partial charge in [-0.15, -0.1) is 0 Å². The van der Waals surface area contributed by atoms with Crippen LogP contribution in [0.15, 0.2) is 12.3 Å². The van der Waals surface area contributed by atoms with Gasteiger partial charge in [-0.05, 0) is 47.2 Å². The first-order valence-corrected chi connectivity index (χ1v) is 8.13. The third-order valence-electron chi connectivity index (χ3n) is 4.98. The van der Waals surface area contributed by atoms with Crippen molar-refractivity contribution in [2.24, 2.45) is 0 Å². The zero-order chi connectivity index (χ0) is 18.1. The van der Waals surface area contributed by atoms with Crippen molar-refractivity contribution in [2.75, 3.05) is 20.6 Å². The van der Waals surface area contributed by atoms with Gasteiger partial charge in [-0.3, -0.25) is 14.9 Å². The van der Waals surface area contributed by atoms with Gasteiger partial charge in [0.05, 0.1) is 23.3 Å². The zero-order valence-corrected chi connectivity index (χ0v) is 14.7. The van der Waals surface area contributed by atoms with Gasteiger partial charge in [0, 0.05) is 18.2 Å². The summed E-state index contributed by atoms with van der Waals surface area (Å²) in [5.74, 6) is -0.316. The van der Waals surface area contributed by atoms with E-state index in [1.54, 1.807) is 4.90 Å². The molecule has 0 spiro atoms. The Morgan fingerprint density at radius 2 is 2.12 bits per heavy atom. The zero-order valence-electron chi connectivity index (χ0n) is 14.7. The van der Waals surface area contributed by atoms with Gasteiger partial charge in [0.15, 0.2) is 0 Å². The maximum absolute atomic E-state index is 13.0. The Labute approximate surface area is 141 Å². The SMILES string of the molecule is CN(C)C(C)(C)CN(C(=O)c1cc([N+](=O)[O-])c[nH]1)[C@H]1CCC[C@H]1O. The number of hydrogen-bond donors (Lipinski definition) is 2. The minimum Gasteiger partial charge on any atom is -0.391 e. The van der Waals surface area contributed by atoms with E-state index in [0.717, 1.165) is 12.8 Å². The van der Waals surface area contributed by atoms with E-state index in [-0.39, 0.29) is 28.9 Å². The van der Waals surface area contributed by atoms with E-state index in [1.807, 2.05) is 32.8 Å². The molecule has 1 amide bonds. The molecule has 8 heteroatoms. The molecule has 0 saturated heterocycles. The molecule has 1 aromatic rings. The Bertz CT molecular complexity index is 611. The largest absolute Gasteiger partial charge is 0.391 e. The molecule has 1 aliphatic carbocycles. The van der Waals surface area contributed by atoms with Crippen LogP contribution in [0.1, 0.15) is 43.6 Å². The Kier molecular flexibility index (Phi) is 5.29. The number of H-pyrrole nitrogens is 1. The molecule has 0 radical (unpaired) electrons. The van der Waals surface area contributed by atoms with E-state index >= 15 is 0 Å². The predicted octanol–water partition coefficient (Wildman–Crippen LogP) is 1.62. The number of nitro groups is 1. The van der Waals surface area contributed by atoms with Crippen LogP contribution in [0, 0.1) is 10.1 Å². The van der Waals surface area contributed by atoms with Gasteiger partial charge < -0.3 is 19.9 Å². The molecule has 2 atom stereocenters. The number of aliphatic hydroxyl groups excluding tert-OH is 1. The first-order chi connectivity index (χ1) is 11.1. The van der Waals surface area contributed by atoms with Crippen molar-refractivity contribution < 1.29 is 14.8 Å². The molecule has 1 fully saturated rings. The van der Waals surface area contributed by atoms with Gasteiger partial charge in [-0.1, -0.05) is 0 Å². The van der Waals surface area contributed by atoms with Gasteiger partial charge in [0.2, 0.25) is 0 Å². The molecule has 2 N–H and O–H groups in total. The molecule has 0 aromatic carbocycles. The molecule has 2 rings (SSSR count). The molecule has 24 heavy (non-hydrogen) atoms. The van der Waals surface area contributed by atoms with Crippen LogP contribution in [0.3, 0.4) is 0 Å². The summed E-state index contributed by atoms with van der Waals surface area (Å²) in [4.78, 5) is 29.6. The minimum absolute atomic E-state index is 0.142. The number of carbonyl (C=O) groups is 1. The highest BCUT2D eigenvalue weighted by Crippen LogP contribution is 2.28. The number of likely N-dealkylation sites (N-methyl/N-ethyl adjacent to an activating group) is 1. The van der Waals surface area contributed by atoms with Crippen LogP contribution in [-0.2, 0) is 0 Å². The van der Waals surface area contributed by atoms with E-state index in [4.69, 9.17) is 0 Å². The van der Waals surface area contributed by atoms with Crippen LogP contribution < -0.4 is 0 Å². The molecule has 1 heterocycles. The summed E-state index contributed by atoms with van der Waals surface area (Å²) < 4.78 is 0. The van der Waals surface area contributed by atoms with Gasteiger partial charge in [0.25, 0.3) is 11.6 Å². The topological polar surface area (TPSA) is 103 Å². The molecular weight excluding hydrogens is 312 g/mol. The van der Waals surface area contributed by atoms with E-state index in [1.165, 1.54) is 12.3 Å². The summed E-state index contributed by atoms with van der Waals surface area (Å²) in [6.45, 7) is 4.46. The lowest BCUT2D eigenvalue weighted by Crippen LogP contribution is -2.55. The van der Waals surface area contributed by atoms with Crippen molar-refractivity contribution in [3.63, 3.8) is 0 Å². The van der Waals surface area contributed by atoms with Gasteiger partial charge >= 0.3 is 0 Å². The number of aliphatic hydroxyl groups is 1. The molecule has 8 nitrogen and oxygen atoms in total. The standard InChI is InChI=1S/C16H26N4O4/c1-16(2,18(3)4)10-19(13-6-5-7-14(13)21)15(22)12-8-11(9-17-12)20(23)24/h8-9,13-14,17,21H,5-7,10H2,1-4H3/t13-,14+/m0/s1. The van der Waals surface area contributed by atoms with E-state index in [2.05, 4.69) is 4.98 Å². The van der Waals surface area contributed by atoms with E-state index in [9.17, 15) is 20.0 Å². The van der Waals surface area contributed by atoms with Gasteiger partial charge in [-0.25, -0.2) is 0 Å². The summed E-state index contributed by atoms with van der Waals surface area (Å²) in [6, 6.07) is 0.985. The highest BCUT2D eigenvalue weighted by atomic mass is 16.6. The van der Waals surface area contributed by atoms with Crippen molar-refractivity contribution in [1.82, 2.24) is 14.8 Å². The number of amides is 1. The predicted molar refractivity (Wildman–Crippen MR) is 89.9 cm³/mol. The van der Waals surface area contributed by atoms with E-state index in [0.29, 0.717) is 13.0 Å². The maximum atomic E-state index is 13.0. The third kappa shape index (κ3) is 3.76. The average Bonchev–Trinajstić information content (AvgIpc) is 3.13. The lowest BCUT2D eigenvalue weighted by atomic mass is 10.0.